The van der Waals surface area contributed by atoms with E-state index in [1.165, 1.54) is 16.6 Å². The number of hydrogen-bond acceptors (Lipinski definition) is 2. The molecule has 2 heterocycles. The summed E-state index contributed by atoms with van der Waals surface area (Å²) in [5.41, 5.74) is 4.99. The highest BCUT2D eigenvalue weighted by Gasteiger charge is 2.17. The highest BCUT2D eigenvalue weighted by atomic mass is 35.5. The number of benzene rings is 1. The van der Waals surface area contributed by atoms with Crippen LogP contribution in [0.2, 0.25) is 0 Å². The lowest BCUT2D eigenvalue weighted by Gasteiger charge is -2.18. The third-order valence-electron chi connectivity index (χ3n) is 3.86. The van der Waals surface area contributed by atoms with Crippen LogP contribution in [-0.2, 0) is 12.8 Å². The zero-order chi connectivity index (χ0) is 14.8. The number of rotatable bonds is 5. The van der Waals surface area contributed by atoms with Gasteiger partial charge in [-0.15, -0.1) is 11.6 Å². The van der Waals surface area contributed by atoms with Crippen molar-refractivity contribution in [2.24, 2.45) is 0 Å². The second-order valence-corrected chi connectivity index (χ2v) is 6.62. The predicted octanol–water partition coefficient (Wildman–Crippen LogP) is 4.99. The minimum atomic E-state index is 0.379. The lowest BCUT2D eigenvalue weighted by molar-refractivity contribution is 0.537. The quantitative estimate of drug-likeness (QED) is 0.606. The first-order chi connectivity index (χ1) is 10.2. The standard InChI is InChI=1S/C17H19ClN2S/c1-12-4-3-5-15-17(12)20(16(19-15)6-8-18)13(2)10-14-7-9-21-11-14/h3-5,7,9,11,13H,6,8,10H2,1-2H3. The smallest absolute Gasteiger partial charge is 0.111 e. The lowest BCUT2D eigenvalue weighted by Crippen LogP contribution is -2.12. The Balaban J connectivity index is 2.07. The van der Waals surface area contributed by atoms with Crippen molar-refractivity contribution in [1.82, 2.24) is 9.55 Å². The molecule has 3 aromatic rings. The summed E-state index contributed by atoms with van der Waals surface area (Å²) in [6.45, 7) is 4.42. The van der Waals surface area contributed by atoms with Crippen molar-refractivity contribution in [3.63, 3.8) is 0 Å². The van der Waals surface area contributed by atoms with Crippen molar-refractivity contribution in [2.45, 2.75) is 32.7 Å². The third kappa shape index (κ3) is 2.85. The highest BCUT2D eigenvalue weighted by Crippen LogP contribution is 2.27. The van der Waals surface area contributed by atoms with E-state index in [9.17, 15) is 0 Å². The molecule has 1 aromatic carbocycles. The molecular weight excluding hydrogens is 300 g/mol. The summed E-state index contributed by atoms with van der Waals surface area (Å²) < 4.78 is 2.38. The van der Waals surface area contributed by atoms with Crippen LogP contribution >= 0.6 is 22.9 Å². The maximum absolute atomic E-state index is 5.97. The molecule has 0 fully saturated rings. The van der Waals surface area contributed by atoms with Crippen molar-refractivity contribution >= 4 is 34.0 Å². The van der Waals surface area contributed by atoms with Crippen LogP contribution in [0.4, 0.5) is 0 Å². The molecule has 0 N–H and O–H groups in total. The summed E-state index contributed by atoms with van der Waals surface area (Å²) in [6, 6.07) is 8.90. The number of nitrogens with zero attached hydrogens (tertiary/aromatic N) is 2. The fourth-order valence-electron chi connectivity index (χ4n) is 2.95. The molecule has 21 heavy (non-hydrogen) atoms. The molecule has 0 aliphatic rings. The summed E-state index contributed by atoms with van der Waals surface area (Å²) in [6.07, 6.45) is 1.84. The molecule has 3 rings (SSSR count). The minimum absolute atomic E-state index is 0.379. The largest absolute Gasteiger partial charge is 0.325 e. The SMILES string of the molecule is Cc1cccc2nc(CCCl)n(C(C)Cc3ccsc3)c12. The second-order valence-electron chi connectivity index (χ2n) is 5.46. The zero-order valence-corrected chi connectivity index (χ0v) is 13.9. The second kappa shape index (κ2) is 6.20. The maximum atomic E-state index is 5.97. The normalized spacial score (nSPS) is 12.9. The summed E-state index contributed by atoms with van der Waals surface area (Å²) in [7, 11) is 0. The number of hydrogen-bond donors (Lipinski definition) is 0. The van der Waals surface area contributed by atoms with Crippen LogP contribution in [0, 0.1) is 6.92 Å². The Morgan fingerprint density at radius 2 is 2.19 bits per heavy atom. The van der Waals surface area contributed by atoms with E-state index < -0.39 is 0 Å². The van der Waals surface area contributed by atoms with Crippen molar-refractivity contribution < 1.29 is 0 Å². The van der Waals surface area contributed by atoms with Gasteiger partial charge >= 0.3 is 0 Å². The first-order valence-corrected chi connectivity index (χ1v) is 8.72. The molecule has 1 atom stereocenters. The van der Waals surface area contributed by atoms with E-state index in [4.69, 9.17) is 16.6 Å². The van der Waals surface area contributed by atoms with Crippen LogP contribution in [0.15, 0.2) is 35.0 Å². The van der Waals surface area contributed by atoms with Crippen LogP contribution in [0.1, 0.15) is 29.9 Å². The van der Waals surface area contributed by atoms with Gasteiger partial charge in [-0.3, -0.25) is 0 Å². The molecular formula is C17H19ClN2S. The van der Waals surface area contributed by atoms with Crippen molar-refractivity contribution in [3.05, 3.63) is 52.0 Å². The molecule has 0 saturated heterocycles. The van der Waals surface area contributed by atoms with E-state index >= 15 is 0 Å². The number of thiophene rings is 1. The minimum Gasteiger partial charge on any atom is -0.325 e. The van der Waals surface area contributed by atoms with E-state index in [0.29, 0.717) is 11.9 Å². The molecule has 1 unspecified atom stereocenters. The van der Waals surface area contributed by atoms with Gasteiger partial charge in [0.15, 0.2) is 0 Å². The van der Waals surface area contributed by atoms with Crippen LogP contribution in [-0.4, -0.2) is 15.4 Å². The van der Waals surface area contributed by atoms with E-state index in [1.54, 1.807) is 11.3 Å². The van der Waals surface area contributed by atoms with Gasteiger partial charge in [0.25, 0.3) is 0 Å². The Bertz CT molecular complexity index is 731. The Labute approximate surface area is 134 Å². The van der Waals surface area contributed by atoms with Crippen LogP contribution in [0.25, 0.3) is 11.0 Å². The van der Waals surface area contributed by atoms with Crippen LogP contribution in [0.3, 0.4) is 0 Å². The number of aryl methyl sites for hydroxylation is 2. The molecule has 0 spiro atoms. The van der Waals surface area contributed by atoms with Crippen LogP contribution < -0.4 is 0 Å². The van der Waals surface area contributed by atoms with Gasteiger partial charge in [0.05, 0.1) is 11.0 Å². The third-order valence-corrected chi connectivity index (χ3v) is 4.78. The molecule has 2 nitrogen and oxygen atoms in total. The summed E-state index contributed by atoms with van der Waals surface area (Å²) in [5, 5.41) is 4.36. The lowest BCUT2D eigenvalue weighted by atomic mass is 10.1. The predicted molar refractivity (Wildman–Crippen MR) is 91.6 cm³/mol. The van der Waals surface area contributed by atoms with E-state index in [-0.39, 0.29) is 0 Å². The van der Waals surface area contributed by atoms with Gasteiger partial charge in [-0.1, -0.05) is 12.1 Å². The molecule has 4 heteroatoms. The molecule has 0 aliphatic carbocycles. The van der Waals surface area contributed by atoms with E-state index in [2.05, 4.69) is 53.4 Å². The number of fused-ring (bicyclic) bond motifs is 1. The monoisotopic (exact) mass is 318 g/mol. The number of para-hydroxylation sites is 1. The highest BCUT2D eigenvalue weighted by molar-refractivity contribution is 7.07. The average Bonchev–Trinajstić information content (AvgIpc) is 3.07. The van der Waals surface area contributed by atoms with Gasteiger partial charge < -0.3 is 4.57 Å². The summed E-state index contributed by atoms with van der Waals surface area (Å²) in [5.74, 6) is 1.70. The first-order valence-electron chi connectivity index (χ1n) is 7.24. The van der Waals surface area contributed by atoms with E-state index in [0.717, 1.165) is 24.2 Å². The maximum Gasteiger partial charge on any atom is 0.111 e. The molecule has 0 bridgehead atoms. The Hall–Kier alpha value is -1.32. The molecule has 2 aromatic heterocycles. The molecule has 0 amide bonds. The fourth-order valence-corrected chi connectivity index (χ4v) is 3.80. The van der Waals surface area contributed by atoms with Crippen molar-refractivity contribution in [2.75, 3.05) is 5.88 Å². The molecule has 110 valence electrons. The number of halogens is 1. The van der Waals surface area contributed by atoms with Crippen molar-refractivity contribution in [1.29, 1.82) is 0 Å². The van der Waals surface area contributed by atoms with Gasteiger partial charge in [0.1, 0.15) is 5.82 Å². The molecule has 0 radical (unpaired) electrons. The zero-order valence-electron chi connectivity index (χ0n) is 12.3. The van der Waals surface area contributed by atoms with Gasteiger partial charge in [0, 0.05) is 18.3 Å². The van der Waals surface area contributed by atoms with Gasteiger partial charge in [-0.25, -0.2) is 4.98 Å². The summed E-state index contributed by atoms with van der Waals surface area (Å²) >= 11 is 7.73. The fraction of sp³-hybridized carbons (Fsp3) is 0.353. The number of imidazole rings is 1. The van der Waals surface area contributed by atoms with Crippen LogP contribution in [0.5, 0.6) is 0 Å². The Morgan fingerprint density at radius 1 is 1.33 bits per heavy atom. The Morgan fingerprint density at radius 3 is 2.90 bits per heavy atom. The van der Waals surface area contributed by atoms with Gasteiger partial charge in [-0.2, -0.15) is 11.3 Å². The van der Waals surface area contributed by atoms with E-state index in [1.807, 2.05) is 0 Å². The Kier molecular flexibility index (Phi) is 4.32. The topological polar surface area (TPSA) is 17.8 Å². The summed E-state index contributed by atoms with van der Waals surface area (Å²) in [4.78, 5) is 4.79. The molecule has 0 aliphatic heterocycles. The average molecular weight is 319 g/mol. The molecule has 0 saturated carbocycles. The number of aromatic nitrogens is 2. The number of alkyl halides is 1. The first kappa shape index (κ1) is 14.6. The van der Waals surface area contributed by atoms with Crippen molar-refractivity contribution in [3.8, 4) is 0 Å². The van der Waals surface area contributed by atoms with Gasteiger partial charge in [-0.05, 0) is 54.3 Å². The van der Waals surface area contributed by atoms with Gasteiger partial charge in [0.2, 0.25) is 0 Å².